The molecule has 0 atom stereocenters. The molecule has 2 aromatic rings. The summed E-state index contributed by atoms with van der Waals surface area (Å²) in [5.41, 5.74) is 6.90. The molecule has 0 heterocycles. The minimum atomic E-state index is -3.80. The van der Waals surface area contributed by atoms with Crippen molar-refractivity contribution >= 4 is 37.3 Å². The maximum Gasteiger partial charge on any atom is 0.264 e. The van der Waals surface area contributed by atoms with Crippen LogP contribution in [0.25, 0.3) is 0 Å². The van der Waals surface area contributed by atoms with Gasteiger partial charge in [0.1, 0.15) is 5.82 Å². The summed E-state index contributed by atoms with van der Waals surface area (Å²) >= 11 is 3.27. The third kappa shape index (κ3) is 3.03. The van der Waals surface area contributed by atoms with Gasteiger partial charge >= 0.3 is 0 Å². The van der Waals surface area contributed by atoms with Gasteiger partial charge in [-0.05, 0) is 48.9 Å². The molecular formula is C14H14BrFN2O2S. The second-order valence-electron chi connectivity index (χ2n) is 4.59. The highest BCUT2D eigenvalue weighted by Gasteiger charge is 2.24. The zero-order valence-corrected chi connectivity index (χ0v) is 13.9. The van der Waals surface area contributed by atoms with Crippen LogP contribution in [0.15, 0.2) is 45.8 Å². The van der Waals surface area contributed by atoms with E-state index in [2.05, 4.69) is 15.9 Å². The number of rotatable bonds is 3. The molecule has 0 saturated heterocycles. The van der Waals surface area contributed by atoms with Gasteiger partial charge in [0.25, 0.3) is 10.0 Å². The van der Waals surface area contributed by atoms with E-state index in [-0.39, 0.29) is 4.90 Å². The molecule has 0 aliphatic heterocycles. The summed E-state index contributed by atoms with van der Waals surface area (Å²) in [5, 5.41) is 0. The fourth-order valence-corrected chi connectivity index (χ4v) is 3.80. The van der Waals surface area contributed by atoms with E-state index in [1.54, 1.807) is 25.1 Å². The molecule has 0 bridgehead atoms. The molecule has 0 aliphatic rings. The van der Waals surface area contributed by atoms with E-state index in [1.807, 2.05) is 0 Å². The lowest BCUT2D eigenvalue weighted by atomic mass is 10.2. The highest BCUT2D eigenvalue weighted by molar-refractivity contribution is 9.10. The van der Waals surface area contributed by atoms with Crippen molar-refractivity contribution in [2.45, 2.75) is 11.8 Å². The van der Waals surface area contributed by atoms with Crippen molar-refractivity contribution in [1.29, 1.82) is 0 Å². The standard InChI is InChI=1S/C14H14BrFN2O2S/c1-9-7-11(16)4-6-14(9)21(19,20)18(2)13-5-3-10(15)8-12(13)17/h3-8H,17H2,1-2H3. The molecule has 7 heteroatoms. The zero-order valence-electron chi connectivity index (χ0n) is 11.5. The first-order valence-corrected chi connectivity index (χ1v) is 8.27. The molecule has 0 radical (unpaired) electrons. The summed E-state index contributed by atoms with van der Waals surface area (Å²) in [6.45, 7) is 1.55. The van der Waals surface area contributed by atoms with Crippen LogP contribution >= 0.6 is 15.9 Å². The third-order valence-corrected chi connectivity index (χ3v) is 5.53. The van der Waals surface area contributed by atoms with Gasteiger partial charge in [-0.3, -0.25) is 4.31 Å². The molecule has 0 amide bonds. The van der Waals surface area contributed by atoms with Crippen molar-refractivity contribution in [1.82, 2.24) is 0 Å². The summed E-state index contributed by atoms with van der Waals surface area (Å²) < 4.78 is 40.3. The Morgan fingerprint density at radius 2 is 1.86 bits per heavy atom. The first-order chi connectivity index (χ1) is 9.73. The smallest absolute Gasteiger partial charge is 0.264 e. The number of nitrogens with zero attached hydrogens (tertiary/aromatic N) is 1. The zero-order chi connectivity index (χ0) is 15.8. The Bertz CT molecular complexity index is 794. The Morgan fingerprint density at radius 3 is 2.43 bits per heavy atom. The lowest BCUT2D eigenvalue weighted by molar-refractivity contribution is 0.592. The minimum absolute atomic E-state index is 0.0497. The number of hydrogen-bond acceptors (Lipinski definition) is 3. The summed E-state index contributed by atoms with van der Waals surface area (Å²) in [5.74, 6) is -0.475. The van der Waals surface area contributed by atoms with Gasteiger partial charge in [0, 0.05) is 11.5 Å². The fraction of sp³-hybridized carbons (Fsp3) is 0.143. The molecule has 2 N–H and O–H groups in total. The predicted octanol–water partition coefficient (Wildman–Crippen LogP) is 3.30. The number of nitrogen functional groups attached to an aromatic ring is 1. The maximum atomic E-state index is 13.1. The Morgan fingerprint density at radius 1 is 1.19 bits per heavy atom. The van der Waals surface area contributed by atoms with Gasteiger partial charge in [-0.1, -0.05) is 15.9 Å². The largest absolute Gasteiger partial charge is 0.397 e. The molecule has 4 nitrogen and oxygen atoms in total. The highest BCUT2D eigenvalue weighted by atomic mass is 79.9. The number of hydrogen-bond donors (Lipinski definition) is 1. The molecule has 21 heavy (non-hydrogen) atoms. The number of nitrogens with two attached hydrogens (primary N) is 1. The summed E-state index contributed by atoms with van der Waals surface area (Å²) in [6.07, 6.45) is 0. The summed E-state index contributed by atoms with van der Waals surface area (Å²) in [4.78, 5) is 0.0497. The molecular weight excluding hydrogens is 359 g/mol. The lowest BCUT2D eigenvalue weighted by Crippen LogP contribution is -2.28. The van der Waals surface area contributed by atoms with Crippen LogP contribution < -0.4 is 10.0 Å². The van der Waals surface area contributed by atoms with E-state index in [1.165, 1.54) is 19.2 Å². The number of sulfonamides is 1. The highest BCUT2D eigenvalue weighted by Crippen LogP contribution is 2.30. The quantitative estimate of drug-likeness (QED) is 0.840. The fourth-order valence-electron chi connectivity index (χ4n) is 1.99. The second-order valence-corrected chi connectivity index (χ2v) is 7.44. The van der Waals surface area contributed by atoms with Crippen molar-refractivity contribution in [3.8, 4) is 0 Å². The van der Waals surface area contributed by atoms with E-state index in [9.17, 15) is 12.8 Å². The van der Waals surface area contributed by atoms with E-state index >= 15 is 0 Å². The number of aryl methyl sites for hydroxylation is 1. The summed E-state index contributed by atoms with van der Waals surface area (Å²) in [7, 11) is -2.39. The predicted molar refractivity (Wildman–Crippen MR) is 85.3 cm³/mol. The van der Waals surface area contributed by atoms with Crippen LogP contribution in [0.1, 0.15) is 5.56 Å². The van der Waals surface area contributed by atoms with Gasteiger partial charge in [0.2, 0.25) is 0 Å². The molecule has 2 rings (SSSR count). The Labute approximate surface area is 131 Å². The van der Waals surface area contributed by atoms with Crippen LogP contribution in [0.5, 0.6) is 0 Å². The number of benzene rings is 2. The summed E-state index contributed by atoms with van der Waals surface area (Å²) in [6, 6.07) is 8.50. The van der Waals surface area contributed by atoms with Crippen molar-refractivity contribution < 1.29 is 12.8 Å². The monoisotopic (exact) mass is 372 g/mol. The van der Waals surface area contributed by atoms with Crippen molar-refractivity contribution in [2.75, 3.05) is 17.1 Å². The Balaban J connectivity index is 2.52. The normalized spacial score (nSPS) is 11.4. The molecule has 0 saturated carbocycles. The van der Waals surface area contributed by atoms with Crippen molar-refractivity contribution in [3.05, 3.63) is 52.3 Å². The van der Waals surface area contributed by atoms with Gasteiger partial charge in [0.15, 0.2) is 0 Å². The van der Waals surface area contributed by atoms with Crippen LogP contribution in [0.3, 0.4) is 0 Å². The van der Waals surface area contributed by atoms with Crippen LogP contribution in [0, 0.1) is 12.7 Å². The van der Waals surface area contributed by atoms with Gasteiger partial charge in [-0.25, -0.2) is 12.8 Å². The molecule has 2 aromatic carbocycles. The molecule has 0 unspecified atom stereocenters. The molecule has 0 aromatic heterocycles. The van der Waals surface area contributed by atoms with Crippen LogP contribution in [0.4, 0.5) is 15.8 Å². The number of anilines is 2. The van der Waals surface area contributed by atoms with Gasteiger partial charge < -0.3 is 5.73 Å². The molecule has 0 fully saturated rings. The van der Waals surface area contributed by atoms with E-state index in [0.29, 0.717) is 16.9 Å². The maximum absolute atomic E-state index is 13.1. The Hall–Kier alpha value is -1.60. The third-order valence-electron chi connectivity index (χ3n) is 3.10. The molecule has 0 spiro atoms. The van der Waals surface area contributed by atoms with Gasteiger partial charge in [-0.15, -0.1) is 0 Å². The average molecular weight is 373 g/mol. The molecule has 112 valence electrons. The van der Waals surface area contributed by atoms with Crippen LogP contribution in [-0.4, -0.2) is 15.5 Å². The molecule has 0 aliphatic carbocycles. The van der Waals surface area contributed by atoms with Gasteiger partial charge in [0.05, 0.1) is 16.3 Å². The Kier molecular flexibility index (Phi) is 4.25. The SMILES string of the molecule is Cc1cc(F)ccc1S(=O)(=O)N(C)c1ccc(Br)cc1N. The number of halogens is 2. The minimum Gasteiger partial charge on any atom is -0.397 e. The topological polar surface area (TPSA) is 63.4 Å². The van der Waals surface area contributed by atoms with Crippen LogP contribution in [0.2, 0.25) is 0 Å². The van der Waals surface area contributed by atoms with E-state index in [0.717, 1.165) is 14.8 Å². The van der Waals surface area contributed by atoms with Gasteiger partial charge in [-0.2, -0.15) is 0 Å². The van der Waals surface area contributed by atoms with E-state index < -0.39 is 15.8 Å². The van der Waals surface area contributed by atoms with Crippen molar-refractivity contribution in [2.24, 2.45) is 0 Å². The second kappa shape index (κ2) is 5.65. The first-order valence-electron chi connectivity index (χ1n) is 6.03. The van der Waals surface area contributed by atoms with Crippen molar-refractivity contribution in [3.63, 3.8) is 0 Å². The lowest BCUT2D eigenvalue weighted by Gasteiger charge is -2.22. The van der Waals surface area contributed by atoms with Crippen LogP contribution in [-0.2, 0) is 10.0 Å². The van der Waals surface area contributed by atoms with E-state index in [4.69, 9.17) is 5.73 Å². The average Bonchev–Trinajstić information content (AvgIpc) is 2.37. The first kappa shape index (κ1) is 15.8.